The molecule has 7 nitrogen and oxygen atoms in total. The van der Waals surface area contributed by atoms with E-state index in [1.807, 2.05) is 20.0 Å². The topological polar surface area (TPSA) is 84.1 Å². The number of carbonyl (C=O) groups excluding carboxylic acids is 1. The first-order valence-corrected chi connectivity index (χ1v) is 10.5. The van der Waals surface area contributed by atoms with Crippen LogP contribution in [0.4, 0.5) is 5.82 Å². The number of halogens is 2. The van der Waals surface area contributed by atoms with Crippen LogP contribution in [-0.4, -0.2) is 50.3 Å². The lowest BCUT2D eigenvalue weighted by atomic mass is 9.99. The minimum atomic E-state index is -0.0995. The van der Waals surface area contributed by atoms with Crippen molar-refractivity contribution < 1.29 is 9.90 Å². The van der Waals surface area contributed by atoms with E-state index in [9.17, 15) is 9.90 Å². The number of aryl methyl sites for hydroxylation is 2. The zero-order chi connectivity index (χ0) is 22.0. The van der Waals surface area contributed by atoms with E-state index >= 15 is 0 Å². The first-order chi connectivity index (χ1) is 14.2. The van der Waals surface area contributed by atoms with Crippen molar-refractivity contribution in [1.29, 1.82) is 0 Å². The first kappa shape index (κ1) is 22.5. The number of nitrogens with zero attached hydrogens (tertiary/aromatic N) is 5. The van der Waals surface area contributed by atoms with E-state index < -0.39 is 0 Å². The van der Waals surface area contributed by atoms with Crippen molar-refractivity contribution >= 4 is 45.8 Å². The van der Waals surface area contributed by atoms with Crippen LogP contribution >= 0.6 is 23.2 Å². The van der Waals surface area contributed by atoms with Gasteiger partial charge >= 0.3 is 0 Å². The third-order valence-electron chi connectivity index (χ3n) is 4.95. The molecular weight excluding hydrogens is 425 g/mol. The summed E-state index contributed by atoms with van der Waals surface area (Å²) in [6.07, 6.45) is 0.120. The fraction of sp³-hybridized carbons (Fsp3) is 0.429. The lowest BCUT2D eigenvalue weighted by molar-refractivity contribution is -0.117. The van der Waals surface area contributed by atoms with Gasteiger partial charge in [0.25, 0.3) is 0 Å². The Kier molecular flexibility index (Phi) is 6.95. The Morgan fingerprint density at radius 3 is 2.63 bits per heavy atom. The largest absolute Gasteiger partial charge is 0.395 e. The van der Waals surface area contributed by atoms with Crippen molar-refractivity contribution in [3.05, 3.63) is 45.3 Å². The number of pyridine rings is 2. The standard InChI is InChI=1S/C21H25Cl2N5O2/c1-12(2)16-10-18(25-21-19(16)13(3)26-27(21)4)28(7-8-29)11-15(30)9-14-5-6-17(22)24-20(14)23/h5-6,10,12,29H,7-9,11H2,1-4H3. The molecule has 160 valence electrons. The summed E-state index contributed by atoms with van der Waals surface area (Å²) in [5.41, 5.74) is 3.41. The Hall–Kier alpha value is -2.22. The molecule has 3 rings (SSSR count). The van der Waals surface area contributed by atoms with E-state index in [1.165, 1.54) is 0 Å². The predicted molar refractivity (Wildman–Crippen MR) is 120 cm³/mol. The zero-order valence-corrected chi connectivity index (χ0v) is 19.0. The van der Waals surface area contributed by atoms with Gasteiger partial charge in [-0.1, -0.05) is 43.1 Å². The SMILES string of the molecule is Cc1nn(C)c2nc(N(CCO)CC(=O)Cc3ccc(Cl)nc3Cl)cc(C(C)C)c12. The molecule has 3 aromatic rings. The quantitative estimate of drug-likeness (QED) is 0.527. The third-order valence-corrected chi connectivity index (χ3v) is 5.49. The van der Waals surface area contributed by atoms with Crippen LogP contribution in [-0.2, 0) is 18.3 Å². The number of ketones is 1. The van der Waals surface area contributed by atoms with Gasteiger partial charge in [0.1, 0.15) is 16.1 Å². The number of Topliss-reactive ketones (excluding diaryl/α,β-unsaturated/α-hetero) is 1. The van der Waals surface area contributed by atoms with E-state index in [0.717, 1.165) is 22.3 Å². The van der Waals surface area contributed by atoms with Gasteiger partial charge in [-0.25, -0.2) is 9.97 Å². The maximum absolute atomic E-state index is 12.8. The molecule has 0 unspecified atom stereocenters. The van der Waals surface area contributed by atoms with Crippen LogP contribution in [0.2, 0.25) is 10.3 Å². The molecule has 3 aromatic heterocycles. The highest BCUT2D eigenvalue weighted by Gasteiger charge is 2.20. The monoisotopic (exact) mass is 449 g/mol. The highest BCUT2D eigenvalue weighted by atomic mass is 35.5. The average molecular weight is 450 g/mol. The van der Waals surface area contributed by atoms with Crippen molar-refractivity contribution in [3.63, 3.8) is 0 Å². The Bertz CT molecular complexity index is 1080. The van der Waals surface area contributed by atoms with Crippen LogP contribution in [0.3, 0.4) is 0 Å². The Morgan fingerprint density at radius 1 is 1.27 bits per heavy atom. The zero-order valence-electron chi connectivity index (χ0n) is 17.5. The van der Waals surface area contributed by atoms with Gasteiger partial charge in [-0.15, -0.1) is 0 Å². The van der Waals surface area contributed by atoms with E-state index in [4.69, 9.17) is 28.2 Å². The predicted octanol–water partition coefficient (Wildman–Crippen LogP) is 3.71. The molecule has 3 heterocycles. The van der Waals surface area contributed by atoms with Gasteiger partial charge in [0.05, 0.1) is 18.8 Å². The average Bonchev–Trinajstić information content (AvgIpc) is 2.97. The van der Waals surface area contributed by atoms with Crippen LogP contribution in [0.25, 0.3) is 11.0 Å². The molecule has 0 atom stereocenters. The van der Waals surface area contributed by atoms with Crippen molar-refractivity contribution in [1.82, 2.24) is 19.7 Å². The number of fused-ring (bicyclic) bond motifs is 1. The molecule has 0 spiro atoms. The summed E-state index contributed by atoms with van der Waals surface area (Å²) in [4.78, 5) is 23.3. The number of aliphatic hydroxyl groups is 1. The van der Waals surface area contributed by atoms with Gasteiger partial charge in [-0.05, 0) is 36.1 Å². The van der Waals surface area contributed by atoms with Crippen LogP contribution in [0, 0.1) is 6.92 Å². The van der Waals surface area contributed by atoms with Crippen molar-refractivity contribution in [2.24, 2.45) is 7.05 Å². The number of hydrogen-bond acceptors (Lipinski definition) is 6. The van der Waals surface area contributed by atoms with Crippen molar-refractivity contribution in [3.8, 4) is 0 Å². The molecule has 0 amide bonds. The minimum Gasteiger partial charge on any atom is -0.395 e. The molecule has 1 N–H and O–H groups in total. The van der Waals surface area contributed by atoms with E-state index in [1.54, 1.807) is 21.7 Å². The second-order valence-electron chi connectivity index (χ2n) is 7.58. The summed E-state index contributed by atoms with van der Waals surface area (Å²) in [7, 11) is 1.85. The van der Waals surface area contributed by atoms with Crippen molar-refractivity contribution in [2.75, 3.05) is 24.6 Å². The fourth-order valence-electron chi connectivity index (χ4n) is 3.53. The molecule has 0 radical (unpaired) electrons. The van der Waals surface area contributed by atoms with Gasteiger partial charge in [-0.2, -0.15) is 5.10 Å². The van der Waals surface area contributed by atoms with Crippen molar-refractivity contribution in [2.45, 2.75) is 33.1 Å². The van der Waals surface area contributed by atoms with E-state index in [-0.39, 0.29) is 48.1 Å². The summed E-state index contributed by atoms with van der Waals surface area (Å²) in [6.45, 7) is 6.47. The summed E-state index contributed by atoms with van der Waals surface area (Å²) < 4.78 is 1.75. The molecule has 0 bridgehead atoms. The summed E-state index contributed by atoms with van der Waals surface area (Å²) in [5.74, 6) is 0.823. The highest BCUT2D eigenvalue weighted by molar-refractivity contribution is 6.33. The summed E-state index contributed by atoms with van der Waals surface area (Å²) >= 11 is 11.9. The Labute approximate surface area is 185 Å². The lowest BCUT2D eigenvalue weighted by Gasteiger charge is -2.24. The molecule has 0 saturated heterocycles. The third kappa shape index (κ3) is 4.74. The van der Waals surface area contributed by atoms with Crippen LogP contribution in [0.1, 0.15) is 36.6 Å². The van der Waals surface area contributed by atoms with Gasteiger partial charge in [0, 0.05) is 25.4 Å². The maximum Gasteiger partial charge on any atom is 0.160 e. The Morgan fingerprint density at radius 2 is 2.00 bits per heavy atom. The molecule has 0 aliphatic carbocycles. The van der Waals surface area contributed by atoms with Gasteiger partial charge in [0.2, 0.25) is 0 Å². The summed E-state index contributed by atoms with van der Waals surface area (Å²) in [6, 6.07) is 5.30. The number of anilines is 1. The van der Waals surface area contributed by atoms with Gasteiger partial charge < -0.3 is 10.0 Å². The second-order valence-corrected chi connectivity index (χ2v) is 8.32. The van der Waals surface area contributed by atoms with Crippen LogP contribution < -0.4 is 4.90 Å². The molecule has 0 fully saturated rings. The molecule has 0 aliphatic rings. The van der Waals surface area contributed by atoms with E-state index in [2.05, 4.69) is 23.9 Å². The van der Waals surface area contributed by atoms with Crippen LogP contribution in [0.5, 0.6) is 0 Å². The molecular formula is C21H25Cl2N5O2. The lowest BCUT2D eigenvalue weighted by Crippen LogP contribution is -2.34. The van der Waals surface area contributed by atoms with Gasteiger partial charge in [0.15, 0.2) is 11.4 Å². The van der Waals surface area contributed by atoms with Gasteiger partial charge in [-0.3, -0.25) is 9.48 Å². The molecule has 0 aliphatic heterocycles. The van der Waals surface area contributed by atoms with Crippen LogP contribution in [0.15, 0.2) is 18.2 Å². The molecule has 0 aromatic carbocycles. The smallest absolute Gasteiger partial charge is 0.160 e. The minimum absolute atomic E-state index is 0.0661. The fourth-order valence-corrected chi connectivity index (χ4v) is 3.94. The number of hydrogen-bond donors (Lipinski definition) is 1. The Balaban J connectivity index is 1.93. The molecule has 9 heteroatoms. The number of aromatic nitrogens is 4. The first-order valence-electron chi connectivity index (χ1n) is 9.74. The molecule has 0 saturated carbocycles. The normalized spacial score (nSPS) is 11.5. The maximum atomic E-state index is 12.8. The number of aliphatic hydroxyl groups excluding tert-OH is 1. The van der Waals surface area contributed by atoms with E-state index in [0.29, 0.717) is 11.4 Å². The number of carbonyl (C=O) groups is 1. The number of rotatable bonds is 8. The second kappa shape index (κ2) is 9.29. The highest BCUT2D eigenvalue weighted by Crippen LogP contribution is 2.30. The molecule has 30 heavy (non-hydrogen) atoms. The summed E-state index contributed by atoms with van der Waals surface area (Å²) in [5, 5.41) is 15.6.